The van der Waals surface area contributed by atoms with Gasteiger partial charge in [0.1, 0.15) is 16.4 Å². The predicted molar refractivity (Wildman–Crippen MR) is 124 cm³/mol. The molecule has 0 saturated carbocycles. The van der Waals surface area contributed by atoms with E-state index in [1.165, 1.54) is 16.8 Å². The number of fused-ring (bicyclic) bond motifs is 3. The summed E-state index contributed by atoms with van der Waals surface area (Å²) in [7, 11) is 1.80. The molecule has 0 radical (unpaired) electrons. The van der Waals surface area contributed by atoms with Crippen molar-refractivity contribution in [3.05, 3.63) is 98.0 Å². The molecule has 0 amide bonds. The molecule has 9 nitrogen and oxygen atoms in total. The number of non-ortho nitro benzene ring substituents is 1. The van der Waals surface area contributed by atoms with E-state index in [-0.39, 0.29) is 17.8 Å². The molecule has 0 aliphatic rings. The van der Waals surface area contributed by atoms with Crippen molar-refractivity contribution >= 4 is 39.1 Å². The number of rotatable bonds is 5. The van der Waals surface area contributed by atoms with Crippen molar-refractivity contribution in [1.82, 2.24) is 19.3 Å². The number of nitrogens with zero attached hydrogens (tertiary/aromatic N) is 5. The van der Waals surface area contributed by atoms with Gasteiger partial charge in [0.25, 0.3) is 11.2 Å². The minimum Gasteiger partial charge on any atom is -0.439 e. The molecule has 164 valence electrons. The Balaban J connectivity index is 1.56. The van der Waals surface area contributed by atoms with Crippen LogP contribution in [0, 0.1) is 10.1 Å². The third-order valence-corrected chi connectivity index (χ3v) is 5.55. The number of pyridine rings is 1. The van der Waals surface area contributed by atoms with E-state index in [4.69, 9.17) is 16.3 Å². The Bertz CT molecular complexity index is 1610. The van der Waals surface area contributed by atoms with E-state index >= 15 is 0 Å². The van der Waals surface area contributed by atoms with Crippen molar-refractivity contribution in [3.8, 4) is 11.6 Å². The summed E-state index contributed by atoms with van der Waals surface area (Å²) in [4.78, 5) is 28.0. The number of nitro benzene ring substituents is 1. The minimum atomic E-state index is -0.467. The van der Waals surface area contributed by atoms with Gasteiger partial charge in [-0.15, -0.1) is 0 Å². The van der Waals surface area contributed by atoms with Gasteiger partial charge in [-0.2, -0.15) is 5.10 Å². The molecule has 0 fully saturated rings. The van der Waals surface area contributed by atoms with Gasteiger partial charge in [-0.1, -0.05) is 29.8 Å². The van der Waals surface area contributed by atoms with E-state index in [1.807, 2.05) is 12.1 Å². The van der Waals surface area contributed by atoms with E-state index in [2.05, 4.69) is 10.1 Å². The van der Waals surface area contributed by atoms with Crippen LogP contribution in [-0.2, 0) is 13.6 Å². The lowest BCUT2D eigenvalue weighted by atomic mass is 10.2. The van der Waals surface area contributed by atoms with Crippen molar-refractivity contribution < 1.29 is 9.66 Å². The summed E-state index contributed by atoms with van der Waals surface area (Å²) in [5.74, 6) is 0.912. The number of ether oxygens (including phenoxy) is 1. The summed E-state index contributed by atoms with van der Waals surface area (Å²) in [5.41, 5.74) is 1.55. The first-order valence-electron chi connectivity index (χ1n) is 9.93. The predicted octanol–water partition coefficient (Wildman–Crippen LogP) is 4.69. The Kier molecular flexibility index (Phi) is 5.02. The molecule has 0 bridgehead atoms. The van der Waals surface area contributed by atoms with Crippen molar-refractivity contribution in [3.63, 3.8) is 0 Å². The van der Waals surface area contributed by atoms with Crippen LogP contribution in [0.3, 0.4) is 0 Å². The molecular weight excluding hydrogens is 446 g/mol. The van der Waals surface area contributed by atoms with Crippen LogP contribution in [0.2, 0.25) is 5.15 Å². The first-order valence-corrected chi connectivity index (χ1v) is 10.3. The van der Waals surface area contributed by atoms with Crippen molar-refractivity contribution in [2.45, 2.75) is 6.54 Å². The Morgan fingerprint density at radius 1 is 1.09 bits per heavy atom. The first kappa shape index (κ1) is 20.7. The summed E-state index contributed by atoms with van der Waals surface area (Å²) in [6, 6.07) is 16.7. The van der Waals surface area contributed by atoms with E-state index < -0.39 is 4.92 Å². The molecule has 10 heteroatoms. The smallest absolute Gasteiger partial charge is 0.291 e. The van der Waals surface area contributed by atoms with Gasteiger partial charge in [0.15, 0.2) is 0 Å². The van der Waals surface area contributed by atoms with Crippen molar-refractivity contribution in [1.29, 1.82) is 0 Å². The fourth-order valence-electron chi connectivity index (χ4n) is 3.82. The van der Waals surface area contributed by atoms with Crippen LogP contribution < -0.4 is 10.3 Å². The lowest BCUT2D eigenvalue weighted by molar-refractivity contribution is -0.384. The second-order valence-corrected chi connectivity index (χ2v) is 7.82. The van der Waals surface area contributed by atoms with Crippen LogP contribution in [-0.4, -0.2) is 24.3 Å². The third-order valence-electron chi connectivity index (χ3n) is 5.34. The largest absolute Gasteiger partial charge is 0.439 e. The molecule has 0 aliphatic heterocycles. The summed E-state index contributed by atoms with van der Waals surface area (Å²) in [6.45, 7) is 0.118. The van der Waals surface area contributed by atoms with Crippen molar-refractivity contribution in [2.24, 2.45) is 7.05 Å². The minimum absolute atomic E-state index is 0.0343. The van der Waals surface area contributed by atoms with E-state index in [0.29, 0.717) is 33.2 Å². The zero-order valence-electron chi connectivity index (χ0n) is 17.3. The van der Waals surface area contributed by atoms with Gasteiger partial charge in [0, 0.05) is 42.1 Å². The highest BCUT2D eigenvalue weighted by Gasteiger charge is 2.16. The molecule has 33 heavy (non-hydrogen) atoms. The number of hydrogen-bond acceptors (Lipinski definition) is 6. The van der Waals surface area contributed by atoms with Crippen molar-refractivity contribution in [2.75, 3.05) is 0 Å². The second-order valence-electron chi connectivity index (χ2n) is 7.44. The van der Waals surface area contributed by atoms with Crippen LogP contribution in [0.5, 0.6) is 11.6 Å². The third kappa shape index (κ3) is 3.79. The average molecular weight is 462 g/mol. The van der Waals surface area contributed by atoms with Gasteiger partial charge < -0.3 is 9.30 Å². The summed E-state index contributed by atoms with van der Waals surface area (Å²) < 4.78 is 8.91. The summed E-state index contributed by atoms with van der Waals surface area (Å²) in [6.07, 6.45) is 1.63. The van der Waals surface area contributed by atoms with Crippen LogP contribution >= 0.6 is 11.6 Å². The fourth-order valence-corrected chi connectivity index (χ4v) is 3.98. The lowest BCUT2D eigenvalue weighted by Crippen LogP contribution is -2.24. The number of aryl methyl sites for hydroxylation is 1. The number of nitro groups is 1. The Morgan fingerprint density at radius 2 is 1.91 bits per heavy atom. The van der Waals surface area contributed by atoms with Gasteiger partial charge in [0.05, 0.1) is 23.2 Å². The maximum Gasteiger partial charge on any atom is 0.291 e. The van der Waals surface area contributed by atoms with Gasteiger partial charge in [-0.05, 0) is 23.8 Å². The fraction of sp³-hybridized carbons (Fsp3) is 0.0870. The normalized spacial score (nSPS) is 11.2. The van der Waals surface area contributed by atoms with Gasteiger partial charge in [-0.3, -0.25) is 14.9 Å². The Labute approximate surface area is 191 Å². The van der Waals surface area contributed by atoms with E-state index in [0.717, 1.165) is 10.9 Å². The van der Waals surface area contributed by atoms with Crippen LogP contribution in [0.1, 0.15) is 5.56 Å². The maximum absolute atomic E-state index is 13.2. The number of aromatic nitrogens is 4. The highest BCUT2D eigenvalue weighted by molar-refractivity contribution is 6.29. The molecule has 0 N–H and O–H groups in total. The van der Waals surface area contributed by atoms with Crippen LogP contribution in [0.15, 0.2) is 71.7 Å². The van der Waals surface area contributed by atoms with Crippen LogP contribution in [0.4, 0.5) is 5.69 Å². The SMILES string of the molecule is Cn1c2cc(Oc3cccc(Cl)n3)ccc2c2cnn(Cc3cccc([N+](=O)[O-])c3)c(=O)c21. The van der Waals surface area contributed by atoms with E-state index in [1.54, 1.807) is 54.2 Å². The lowest BCUT2D eigenvalue weighted by Gasteiger charge is -2.06. The molecule has 0 unspecified atom stereocenters. The van der Waals surface area contributed by atoms with Gasteiger partial charge in [-0.25, -0.2) is 9.67 Å². The quantitative estimate of drug-likeness (QED) is 0.214. The zero-order chi connectivity index (χ0) is 23.1. The molecule has 0 spiro atoms. The monoisotopic (exact) mass is 461 g/mol. The van der Waals surface area contributed by atoms with Crippen LogP contribution in [0.25, 0.3) is 21.8 Å². The molecule has 2 aromatic carbocycles. The highest BCUT2D eigenvalue weighted by atomic mass is 35.5. The van der Waals surface area contributed by atoms with Gasteiger partial charge >= 0.3 is 0 Å². The topological polar surface area (TPSA) is 105 Å². The van der Waals surface area contributed by atoms with Gasteiger partial charge in [0.2, 0.25) is 5.88 Å². The zero-order valence-corrected chi connectivity index (χ0v) is 18.1. The molecule has 0 saturated heterocycles. The number of halogens is 1. The molecule has 3 aromatic heterocycles. The standard InChI is InChI=1S/C23H16ClN5O4/c1-27-19-11-16(33-21-7-3-6-20(24)26-21)8-9-17(19)18-12-25-28(23(30)22(18)27)13-14-4-2-5-15(10-14)29(31)32/h2-12H,13H2,1H3. The average Bonchev–Trinajstić information content (AvgIpc) is 3.08. The first-order chi connectivity index (χ1) is 15.9. The second kappa shape index (κ2) is 8.03. The molecule has 5 aromatic rings. The Morgan fingerprint density at radius 3 is 2.70 bits per heavy atom. The van der Waals surface area contributed by atoms with E-state index in [9.17, 15) is 14.9 Å². The molecular formula is C23H16ClN5O4. The molecule has 3 heterocycles. The maximum atomic E-state index is 13.2. The molecule has 0 atom stereocenters. The molecule has 0 aliphatic carbocycles. The Hall–Kier alpha value is -4.24. The number of hydrogen-bond donors (Lipinski definition) is 0. The summed E-state index contributed by atoms with van der Waals surface area (Å²) >= 11 is 5.93. The summed E-state index contributed by atoms with van der Waals surface area (Å²) in [5, 5.41) is 17.2. The highest BCUT2D eigenvalue weighted by Crippen LogP contribution is 2.30. The molecule has 5 rings (SSSR count). The number of benzene rings is 2.